The van der Waals surface area contributed by atoms with Crippen LogP contribution in [0.3, 0.4) is 0 Å². The minimum atomic E-state index is -5.59. The number of nitrogens with one attached hydrogen (secondary N) is 4. The number of aliphatic hydroxyl groups is 4. The number of hydrogen-bond donors (Lipinski definition) is 20. The average molecular weight is 1750 g/mol. The Morgan fingerprint density at radius 1 is 0.550 bits per heavy atom. The zero-order chi connectivity index (χ0) is 84.2. The Morgan fingerprint density at radius 3 is 1.23 bits per heavy atom. The van der Waals surface area contributed by atoms with E-state index in [0.717, 1.165) is 64.9 Å². The molecule has 2 saturated heterocycles. The van der Waals surface area contributed by atoms with Gasteiger partial charge in [-0.25, -0.2) is 62.1 Å². The van der Waals surface area contributed by atoms with Crippen molar-refractivity contribution in [2.75, 3.05) is 75.6 Å². The number of ether oxygens (including phenoxy) is 2. The van der Waals surface area contributed by atoms with Gasteiger partial charge in [0.05, 0.1) is 39.1 Å². The van der Waals surface area contributed by atoms with Gasteiger partial charge in [0.25, 0.3) is 0 Å². The van der Waals surface area contributed by atoms with E-state index in [0.29, 0.717) is 5.75 Å². The van der Waals surface area contributed by atoms with Crippen LogP contribution in [0.5, 0.6) is 0 Å². The summed E-state index contributed by atoms with van der Waals surface area (Å²) in [7, 11) is -32.8. The van der Waals surface area contributed by atoms with Crippen molar-refractivity contribution in [1.82, 2.24) is 60.3 Å². The number of ketones is 1. The van der Waals surface area contributed by atoms with Crippen LogP contribution in [0.25, 0.3) is 22.3 Å². The number of rotatable bonds is 41. The van der Waals surface area contributed by atoms with Crippen LogP contribution in [0.15, 0.2) is 25.3 Å². The maximum atomic E-state index is 12.6. The third-order valence-electron chi connectivity index (χ3n) is 14.2. The van der Waals surface area contributed by atoms with Crippen LogP contribution in [0.2, 0.25) is 0 Å². The van der Waals surface area contributed by atoms with Gasteiger partial charge in [0, 0.05) is 75.2 Å². The number of nitrogens with zero attached hydrogens (tertiary/aromatic N) is 8. The summed E-state index contributed by atoms with van der Waals surface area (Å²) in [5.74, 6) is -6.08. The van der Waals surface area contributed by atoms with Crippen LogP contribution in [0.1, 0.15) is 73.3 Å². The number of phosphoric ester groups is 6. The standard InChI is InChI=1S/C24H38N7O19P3S.C23H38N7O17P3S.C3H4O3/c1-24(2,19(37)22(38)27-4-3-13(32)26-5-6-54-15(35)7-14(33)34)9-47-53(44,45)50-52(42,43)46-8-12-18(49-51(39,40)41)17(36)23(48-12)31-11-30-16-20(25)28-10-29-21(16)31;1-12(31)51-7-6-25-14(32)4-5-26-21(35)18(34)23(2,3)9-44-50(41,42)47-49(39,40)43-8-13-17(46-48(36,37)38)16(33)22(45-13)30-11-29-15-19(24)27-10-28-20(15)30;1-2(4)3(5)6/h10-12,17-19,23,36-37H,3-9H2,1-2H3,(H,26,32)(H,27,38)(H,33,34)(H,42,43)(H,44,45)(H2,25,28,29)(H2,39,40,41);10-11,13,16-18,22,33-34H,4-9H2,1-3H3,(H,25,32)(H,26,35)(H,39,40)(H,41,42)(H2,24,27,28)(H2,36,37,38);1H3,(H,5,6)/t12-,17-,18-,19+,23-;13-,16-,17-,18+,22-;/m11./s1. The number of carbonyl (C=O) groups excluding carboxylic acids is 7. The maximum Gasteiger partial charge on any atom is 0.481 e. The predicted octanol–water partition coefficient (Wildman–Crippen LogP) is -3.52. The Balaban J connectivity index is 0.000000436. The third kappa shape index (κ3) is 32.5. The SMILES string of the molecule is CC(=O)C(=O)O.CC(=O)SCCNC(=O)CCNC(=O)[C@H](O)C(C)(C)COP(=O)(O)OP(=O)(O)OC[C@H]1O[C@@H](n2cnc3c(N)ncnc32)[C@H](O)[C@@H]1OP(=O)(O)O.CC(C)(COP(=O)(O)OP(=O)(O)OC[C@H]1O[C@@H](n2cnc3c(N)ncnc32)[C@H](O)[C@@H]1OP(=O)(O)O)[C@@H](O)C(=O)NCCC(=O)NCCSC(=O)CC(=O)O. The zero-order valence-corrected chi connectivity index (χ0v) is 65.5. The number of anilines is 2. The van der Waals surface area contributed by atoms with Crippen LogP contribution in [0, 0.1) is 10.8 Å². The van der Waals surface area contributed by atoms with Gasteiger partial charge in [-0.15, -0.1) is 0 Å². The second-order valence-electron chi connectivity index (χ2n) is 24.1. The molecule has 0 aliphatic carbocycles. The number of fused-ring (bicyclic) bond motifs is 2. The first kappa shape index (κ1) is 97.1. The Morgan fingerprint density at radius 2 is 0.901 bits per heavy atom. The van der Waals surface area contributed by atoms with E-state index in [1.54, 1.807) is 0 Å². The number of carboxylic acids is 2. The number of imidazole rings is 2. The van der Waals surface area contributed by atoms with Crippen molar-refractivity contribution in [1.29, 1.82) is 0 Å². The lowest BCUT2D eigenvalue weighted by molar-refractivity contribution is -0.148. The fourth-order valence-corrected chi connectivity index (χ4v) is 15.6. The first-order valence-corrected chi connectivity index (χ1v) is 42.1. The van der Waals surface area contributed by atoms with Crippen LogP contribution >= 0.6 is 70.5 Å². The Labute approximate surface area is 633 Å². The number of hydrogen-bond acceptors (Lipinski definition) is 39. The number of thioether (sulfide) groups is 2. The summed E-state index contributed by atoms with van der Waals surface area (Å²) in [5, 5.41) is 67.7. The average Bonchev–Trinajstić information content (AvgIpc) is 1.62. The number of aliphatic hydroxyl groups excluding tert-OH is 4. The Bertz CT molecular complexity index is 4250. The molecule has 0 aromatic carbocycles. The van der Waals surface area contributed by atoms with Crippen LogP contribution in [-0.2, 0) is 116 Å². The molecular formula is C50H80N14O39P6S2. The lowest BCUT2D eigenvalue weighted by Crippen LogP contribution is -2.46. The summed E-state index contributed by atoms with van der Waals surface area (Å²) in [4.78, 5) is 202. The fraction of sp³-hybridized carbons (Fsp3) is 0.620. The molecule has 2 aliphatic rings. The minimum Gasteiger partial charge on any atom is -0.481 e. The summed E-state index contributed by atoms with van der Waals surface area (Å²) in [5.41, 5.74) is 8.45. The number of Topliss-reactive ketones (excluding diaryl/α,β-unsaturated/α-hetero) is 1. The molecule has 2 fully saturated rings. The van der Waals surface area contributed by atoms with Crippen molar-refractivity contribution in [3.8, 4) is 0 Å². The lowest BCUT2D eigenvalue weighted by Gasteiger charge is -2.30. The number of carboxylic acid groups (broad SMARTS) is 2. The molecule has 4 amide bonds. The molecule has 22 N–H and O–H groups in total. The third-order valence-corrected chi connectivity index (χ3v) is 22.1. The highest BCUT2D eigenvalue weighted by Gasteiger charge is 2.53. The predicted molar refractivity (Wildman–Crippen MR) is 370 cm³/mol. The largest absolute Gasteiger partial charge is 0.481 e. The Hall–Kier alpha value is -6.27. The van der Waals surface area contributed by atoms with E-state index in [1.165, 1.54) is 34.6 Å². The Kier molecular flexibility index (Phi) is 36.6. The molecule has 4 unspecified atom stereocenters. The number of nitrogens with two attached hydrogens (primary N) is 2. The van der Waals surface area contributed by atoms with Crippen molar-refractivity contribution in [3.05, 3.63) is 25.3 Å². The first-order chi connectivity index (χ1) is 51.1. The van der Waals surface area contributed by atoms with E-state index in [9.17, 15) is 130 Å². The topological polar surface area (TPSA) is 819 Å². The number of phosphoric acid groups is 6. The molecule has 0 saturated carbocycles. The van der Waals surface area contributed by atoms with Gasteiger partial charge in [0.1, 0.15) is 78.9 Å². The molecule has 14 atom stereocenters. The summed E-state index contributed by atoms with van der Waals surface area (Å²) >= 11 is 1.74. The molecule has 6 heterocycles. The summed E-state index contributed by atoms with van der Waals surface area (Å²) in [6, 6.07) is 0. The molecule has 0 radical (unpaired) electrons. The summed E-state index contributed by atoms with van der Waals surface area (Å²) in [6.07, 6.45) is -14.7. The number of amides is 4. The molecule has 111 heavy (non-hydrogen) atoms. The zero-order valence-electron chi connectivity index (χ0n) is 58.5. The smallest absolute Gasteiger partial charge is 0.481 e. The van der Waals surface area contributed by atoms with E-state index in [2.05, 4.69) is 68.8 Å². The van der Waals surface area contributed by atoms with Crippen molar-refractivity contribution in [2.24, 2.45) is 10.8 Å². The van der Waals surface area contributed by atoms with Gasteiger partial charge < -0.3 is 112 Å². The number of nitrogen functional groups attached to an aromatic ring is 2. The molecule has 2 aliphatic heterocycles. The lowest BCUT2D eigenvalue weighted by atomic mass is 9.87. The normalized spacial score (nSPS) is 21.5. The molecule has 4 aromatic heterocycles. The number of aromatic nitrogens is 8. The van der Waals surface area contributed by atoms with E-state index in [1.807, 2.05) is 0 Å². The highest BCUT2D eigenvalue weighted by Crippen LogP contribution is 2.63. The highest BCUT2D eigenvalue weighted by molar-refractivity contribution is 8.13. The van der Waals surface area contributed by atoms with Gasteiger partial charge in [0.2, 0.25) is 29.4 Å². The van der Waals surface area contributed by atoms with Gasteiger partial charge in [-0.3, -0.25) is 74.6 Å². The molecule has 61 heteroatoms. The monoisotopic (exact) mass is 1750 g/mol. The fourth-order valence-electron chi connectivity index (χ4n) is 8.79. The van der Waals surface area contributed by atoms with Gasteiger partial charge in [-0.2, -0.15) is 8.62 Å². The van der Waals surface area contributed by atoms with Gasteiger partial charge in [0.15, 0.2) is 45.6 Å². The second-order valence-corrected chi connectivity index (χ2v) is 35.0. The molecule has 53 nitrogen and oxygen atoms in total. The molecular weight excluding hydrogens is 1670 g/mol. The van der Waals surface area contributed by atoms with Crippen molar-refractivity contribution in [2.45, 2.75) is 122 Å². The van der Waals surface area contributed by atoms with Gasteiger partial charge in [-0.1, -0.05) is 51.2 Å². The van der Waals surface area contributed by atoms with E-state index in [4.69, 9.17) is 49.2 Å². The number of carbonyl (C=O) groups is 9. The van der Waals surface area contributed by atoms with Gasteiger partial charge in [-0.05, 0) is 0 Å². The van der Waals surface area contributed by atoms with Crippen LogP contribution in [-0.4, -0.2) is 273 Å². The maximum absolute atomic E-state index is 12.6. The van der Waals surface area contributed by atoms with Crippen molar-refractivity contribution in [3.63, 3.8) is 0 Å². The molecule has 0 spiro atoms. The van der Waals surface area contributed by atoms with E-state index < -0.39 is 198 Å². The van der Waals surface area contributed by atoms with Gasteiger partial charge >= 0.3 is 58.9 Å². The van der Waals surface area contributed by atoms with Crippen molar-refractivity contribution < 1.29 is 186 Å². The van der Waals surface area contributed by atoms with Crippen LogP contribution < -0.4 is 32.7 Å². The molecule has 6 rings (SSSR count). The van der Waals surface area contributed by atoms with Crippen LogP contribution in [0.4, 0.5) is 11.6 Å². The van der Waals surface area contributed by atoms with E-state index in [-0.39, 0.29) is 83.9 Å². The summed E-state index contributed by atoms with van der Waals surface area (Å²) in [6.45, 7) is 3.04. The van der Waals surface area contributed by atoms with Crippen molar-refractivity contribution >= 4 is 156 Å². The highest BCUT2D eigenvalue weighted by atomic mass is 32.2. The second kappa shape index (κ2) is 41.9. The summed E-state index contributed by atoms with van der Waals surface area (Å²) < 4.78 is 124. The molecule has 0 bridgehead atoms. The molecule has 626 valence electrons. The molecule has 4 aromatic rings. The minimum absolute atomic E-state index is 0.0185. The first-order valence-electron chi connectivity index (χ1n) is 31.1. The quantitative estimate of drug-likeness (QED) is 0.00887. The number of aliphatic carboxylic acids is 2. The van der Waals surface area contributed by atoms with E-state index >= 15 is 0 Å².